The van der Waals surface area contributed by atoms with Crippen LogP contribution in [0.15, 0.2) is 0 Å². The second kappa shape index (κ2) is 2.21. The maximum absolute atomic E-state index is 12.0. The molecule has 3 nitrogen and oxygen atoms in total. The molecule has 0 aromatic carbocycles. The molecule has 0 spiro atoms. The smallest absolute Gasteiger partial charge is 0.224 e. The summed E-state index contributed by atoms with van der Waals surface area (Å²) in [5, 5.41) is 6.55. The van der Waals surface area contributed by atoms with Crippen molar-refractivity contribution >= 4 is 0 Å². The molecule has 0 saturated heterocycles. The van der Waals surface area contributed by atoms with E-state index in [-0.39, 0.29) is 16.2 Å². The van der Waals surface area contributed by atoms with Crippen LogP contribution in [0.2, 0.25) is 0 Å². The lowest BCUT2D eigenvalue weighted by Gasteiger charge is -2.08. The molecule has 0 fully saturated rings. The van der Waals surface area contributed by atoms with Gasteiger partial charge in [-0.05, 0) is 13.8 Å². The van der Waals surface area contributed by atoms with Gasteiger partial charge in [-0.2, -0.15) is 0 Å². The molecule has 62 valence electrons. The third-order valence-corrected chi connectivity index (χ3v) is 1.24. The Morgan fingerprint density at radius 2 is 1.45 bits per heavy atom. The van der Waals surface area contributed by atoms with Gasteiger partial charge in [0.25, 0.3) is 0 Å². The van der Waals surface area contributed by atoms with E-state index in [1.807, 2.05) is 0 Å². The van der Waals surface area contributed by atoms with Crippen LogP contribution in [-0.4, -0.2) is 14.8 Å². The topological polar surface area (TPSA) is 30.7 Å². The van der Waals surface area contributed by atoms with E-state index in [1.165, 1.54) is 13.8 Å². The number of aryl methyl sites for hydroxylation is 2. The van der Waals surface area contributed by atoms with Gasteiger partial charge in [-0.15, -0.1) is 23.4 Å². The van der Waals surface area contributed by atoms with Crippen molar-refractivity contribution in [2.24, 2.45) is 0 Å². The number of hydrogen-bond acceptors (Lipinski definition) is 2. The standard InChI is InChI=1S/C5H6F3N3/c1-3-9-10-4(2)11(3)5(6,7)8/h1-2H3. The molecule has 0 bridgehead atoms. The molecule has 0 radical (unpaired) electrons. The van der Waals surface area contributed by atoms with E-state index in [0.717, 1.165) is 0 Å². The van der Waals surface area contributed by atoms with Crippen molar-refractivity contribution in [2.75, 3.05) is 0 Å². The highest BCUT2D eigenvalue weighted by atomic mass is 19.4. The molecule has 0 aliphatic carbocycles. The van der Waals surface area contributed by atoms with Gasteiger partial charge in [0, 0.05) is 0 Å². The lowest BCUT2D eigenvalue weighted by atomic mass is 10.6. The molecule has 1 rings (SSSR count). The largest absolute Gasteiger partial charge is 0.491 e. The van der Waals surface area contributed by atoms with Crippen LogP contribution in [0.4, 0.5) is 13.2 Å². The average molecular weight is 165 g/mol. The van der Waals surface area contributed by atoms with Gasteiger partial charge in [0.1, 0.15) is 11.6 Å². The third kappa shape index (κ3) is 1.33. The molecule has 0 N–H and O–H groups in total. The lowest BCUT2D eigenvalue weighted by molar-refractivity contribution is -0.206. The van der Waals surface area contributed by atoms with Crippen molar-refractivity contribution in [3.05, 3.63) is 11.6 Å². The highest BCUT2D eigenvalue weighted by Crippen LogP contribution is 2.24. The zero-order valence-corrected chi connectivity index (χ0v) is 5.98. The van der Waals surface area contributed by atoms with Gasteiger partial charge >= 0.3 is 6.30 Å². The van der Waals surface area contributed by atoms with Gasteiger partial charge < -0.3 is 0 Å². The number of aromatic nitrogens is 3. The molecule has 0 saturated carbocycles. The molecular weight excluding hydrogens is 159 g/mol. The van der Waals surface area contributed by atoms with E-state index >= 15 is 0 Å². The summed E-state index contributed by atoms with van der Waals surface area (Å²) in [5.74, 6) is -0.287. The van der Waals surface area contributed by atoms with E-state index in [9.17, 15) is 13.2 Å². The van der Waals surface area contributed by atoms with Crippen LogP contribution in [0.1, 0.15) is 11.6 Å². The van der Waals surface area contributed by atoms with Gasteiger partial charge in [-0.25, -0.2) is 4.57 Å². The predicted molar refractivity (Wildman–Crippen MR) is 30.8 cm³/mol. The Labute approximate surface area is 60.8 Å². The highest BCUT2D eigenvalue weighted by molar-refractivity contribution is 4.92. The summed E-state index contributed by atoms with van der Waals surface area (Å²) in [6, 6.07) is 0. The highest BCUT2D eigenvalue weighted by Gasteiger charge is 2.34. The number of alkyl halides is 3. The quantitative estimate of drug-likeness (QED) is 0.581. The van der Waals surface area contributed by atoms with Crippen molar-refractivity contribution in [3.63, 3.8) is 0 Å². The maximum Gasteiger partial charge on any atom is 0.491 e. The second-order valence-electron chi connectivity index (χ2n) is 2.10. The fraction of sp³-hybridized carbons (Fsp3) is 0.600. The van der Waals surface area contributed by atoms with Crippen molar-refractivity contribution < 1.29 is 13.2 Å². The Balaban J connectivity index is 3.21. The van der Waals surface area contributed by atoms with E-state index in [0.29, 0.717) is 0 Å². The van der Waals surface area contributed by atoms with E-state index in [1.54, 1.807) is 0 Å². The van der Waals surface area contributed by atoms with Crippen molar-refractivity contribution in [1.82, 2.24) is 14.8 Å². The first kappa shape index (κ1) is 8.03. The maximum atomic E-state index is 12.0. The summed E-state index contributed by atoms with van der Waals surface area (Å²) < 4.78 is 36.2. The van der Waals surface area contributed by atoms with Crippen LogP contribution in [0.25, 0.3) is 0 Å². The van der Waals surface area contributed by atoms with Gasteiger partial charge in [0.15, 0.2) is 0 Å². The molecule has 1 heterocycles. The summed E-state index contributed by atoms with van der Waals surface area (Å²) in [6.07, 6.45) is -4.41. The zero-order valence-electron chi connectivity index (χ0n) is 5.98. The minimum Gasteiger partial charge on any atom is -0.224 e. The average Bonchev–Trinajstić information content (AvgIpc) is 2.08. The Morgan fingerprint density at radius 1 is 1.09 bits per heavy atom. The van der Waals surface area contributed by atoms with Crippen molar-refractivity contribution in [3.8, 4) is 0 Å². The molecule has 0 aliphatic heterocycles. The third-order valence-electron chi connectivity index (χ3n) is 1.24. The van der Waals surface area contributed by atoms with Crippen LogP contribution < -0.4 is 0 Å². The minimum atomic E-state index is -4.41. The molecule has 1 aromatic heterocycles. The van der Waals surface area contributed by atoms with Crippen molar-refractivity contribution in [2.45, 2.75) is 20.1 Å². The molecule has 0 unspecified atom stereocenters. The molecule has 0 amide bonds. The summed E-state index contributed by atoms with van der Waals surface area (Å²) in [7, 11) is 0. The van der Waals surface area contributed by atoms with E-state index < -0.39 is 6.30 Å². The SMILES string of the molecule is Cc1nnc(C)n1C(F)(F)F. The zero-order chi connectivity index (χ0) is 8.65. The fourth-order valence-electron chi connectivity index (χ4n) is 0.835. The molecule has 6 heteroatoms. The second-order valence-corrected chi connectivity index (χ2v) is 2.10. The summed E-state index contributed by atoms with van der Waals surface area (Å²) in [5.41, 5.74) is 0. The fourth-order valence-corrected chi connectivity index (χ4v) is 0.835. The monoisotopic (exact) mass is 165 g/mol. The molecule has 0 atom stereocenters. The predicted octanol–water partition coefficient (Wildman–Crippen LogP) is 1.37. The summed E-state index contributed by atoms with van der Waals surface area (Å²) >= 11 is 0. The number of rotatable bonds is 0. The first-order chi connectivity index (χ1) is 4.93. The van der Waals surface area contributed by atoms with E-state index in [2.05, 4.69) is 10.2 Å². The Kier molecular flexibility index (Phi) is 1.62. The molecule has 0 aliphatic rings. The van der Waals surface area contributed by atoms with E-state index in [4.69, 9.17) is 0 Å². The van der Waals surface area contributed by atoms with Crippen molar-refractivity contribution in [1.29, 1.82) is 0 Å². The normalized spacial score (nSPS) is 12.1. The lowest BCUT2D eigenvalue weighted by Crippen LogP contribution is -2.19. The number of nitrogens with zero attached hydrogens (tertiary/aromatic N) is 3. The Hall–Kier alpha value is -1.07. The first-order valence-electron chi connectivity index (χ1n) is 2.88. The van der Waals surface area contributed by atoms with Gasteiger partial charge in [0.05, 0.1) is 0 Å². The number of halogens is 3. The molecular formula is C5H6F3N3. The Bertz CT molecular complexity index is 243. The van der Waals surface area contributed by atoms with Crippen LogP contribution >= 0.6 is 0 Å². The summed E-state index contributed by atoms with van der Waals surface area (Å²) in [4.78, 5) is 0. The summed E-state index contributed by atoms with van der Waals surface area (Å²) in [6.45, 7) is 2.51. The first-order valence-corrected chi connectivity index (χ1v) is 2.88. The van der Waals surface area contributed by atoms with Gasteiger partial charge in [-0.1, -0.05) is 0 Å². The van der Waals surface area contributed by atoms with Gasteiger partial charge in [0.2, 0.25) is 0 Å². The van der Waals surface area contributed by atoms with Crippen LogP contribution in [-0.2, 0) is 6.30 Å². The minimum absolute atomic E-state index is 0.132. The molecule has 1 aromatic rings. The number of hydrogen-bond donors (Lipinski definition) is 0. The van der Waals surface area contributed by atoms with Gasteiger partial charge in [-0.3, -0.25) is 0 Å². The molecule has 11 heavy (non-hydrogen) atoms. The van der Waals surface area contributed by atoms with Crippen LogP contribution in [0, 0.1) is 13.8 Å². The van der Waals surface area contributed by atoms with Crippen LogP contribution in [0.5, 0.6) is 0 Å². The van der Waals surface area contributed by atoms with Crippen LogP contribution in [0.3, 0.4) is 0 Å². The Morgan fingerprint density at radius 3 is 1.64 bits per heavy atom.